The van der Waals surface area contributed by atoms with Crippen molar-refractivity contribution in [2.45, 2.75) is 45.6 Å². The second-order valence-electron chi connectivity index (χ2n) is 5.37. The van der Waals surface area contributed by atoms with Gasteiger partial charge in [0.15, 0.2) is 11.5 Å². The molecule has 1 unspecified atom stereocenters. The van der Waals surface area contributed by atoms with E-state index in [1.54, 1.807) is 0 Å². The highest BCUT2D eigenvalue weighted by Crippen LogP contribution is 2.34. The van der Waals surface area contributed by atoms with Crippen molar-refractivity contribution in [3.05, 3.63) is 24.1 Å². The first-order chi connectivity index (χ1) is 8.74. The topological polar surface area (TPSA) is 38.1 Å². The maximum Gasteiger partial charge on any atom is 0.195 e. The lowest BCUT2D eigenvalue weighted by Crippen LogP contribution is -2.15. The minimum atomic E-state index is 0.535. The van der Waals surface area contributed by atoms with Crippen molar-refractivity contribution in [2.75, 3.05) is 5.32 Å². The molecule has 0 radical (unpaired) electrons. The third-order valence-corrected chi connectivity index (χ3v) is 3.53. The molecule has 18 heavy (non-hydrogen) atoms. The molecule has 0 bridgehead atoms. The third-order valence-electron chi connectivity index (χ3n) is 3.53. The first-order valence-corrected chi connectivity index (χ1v) is 6.90. The molecule has 1 aromatic heterocycles. The van der Waals surface area contributed by atoms with E-state index in [9.17, 15) is 0 Å². The Morgan fingerprint density at radius 1 is 1.44 bits per heavy atom. The SMILES string of the molecule is CCc1nc2cc(NC(C)CC3CC3)ccc2o1. The van der Waals surface area contributed by atoms with E-state index in [1.807, 2.05) is 6.07 Å². The molecule has 1 saturated carbocycles. The van der Waals surface area contributed by atoms with Crippen LogP contribution in [0.2, 0.25) is 0 Å². The Kier molecular flexibility index (Phi) is 2.98. The second-order valence-corrected chi connectivity index (χ2v) is 5.37. The van der Waals surface area contributed by atoms with Crippen LogP contribution in [0.5, 0.6) is 0 Å². The molecule has 1 heterocycles. The van der Waals surface area contributed by atoms with Gasteiger partial charge in [-0.2, -0.15) is 0 Å². The van der Waals surface area contributed by atoms with Gasteiger partial charge in [0, 0.05) is 18.2 Å². The van der Waals surface area contributed by atoms with Crippen molar-refractivity contribution in [3.8, 4) is 0 Å². The molecule has 96 valence electrons. The molecule has 1 fully saturated rings. The lowest BCUT2D eigenvalue weighted by atomic mass is 10.1. The molecule has 3 rings (SSSR count). The number of nitrogens with one attached hydrogen (secondary N) is 1. The Hall–Kier alpha value is -1.51. The number of hydrogen-bond donors (Lipinski definition) is 1. The molecule has 1 aromatic carbocycles. The molecular weight excluding hydrogens is 224 g/mol. The fraction of sp³-hybridized carbons (Fsp3) is 0.533. The zero-order valence-electron chi connectivity index (χ0n) is 11.1. The number of aryl methyl sites for hydroxylation is 1. The van der Waals surface area contributed by atoms with E-state index < -0.39 is 0 Å². The largest absolute Gasteiger partial charge is 0.441 e. The molecule has 0 spiro atoms. The van der Waals surface area contributed by atoms with E-state index in [1.165, 1.54) is 19.3 Å². The quantitative estimate of drug-likeness (QED) is 0.864. The molecule has 3 nitrogen and oxygen atoms in total. The summed E-state index contributed by atoms with van der Waals surface area (Å²) in [5, 5.41) is 3.55. The minimum Gasteiger partial charge on any atom is -0.441 e. The Balaban J connectivity index is 1.74. The van der Waals surface area contributed by atoms with Gasteiger partial charge in [0.1, 0.15) is 5.52 Å². The van der Waals surface area contributed by atoms with E-state index in [-0.39, 0.29) is 0 Å². The first kappa shape index (κ1) is 11.6. The summed E-state index contributed by atoms with van der Waals surface area (Å²) < 4.78 is 5.61. The number of aromatic nitrogens is 1. The summed E-state index contributed by atoms with van der Waals surface area (Å²) >= 11 is 0. The van der Waals surface area contributed by atoms with Crippen LogP contribution in [0.3, 0.4) is 0 Å². The van der Waals surface area contributed by atoms with Crippen molar-refractivity contribution in [1.82, 2.24) is 4.98 Å². The highest BCUT2D eigenvalue weighted by atomic mass is 16.3. The molecular formula is C15H20N2O. The van der Waals surface area contributed by atoms with Gasteiger partial charge in [-0.15, -0.1) is 0 Å². The van der Waals surface area contributed by atoms with Gasteiger partial charge in [0.05, 0.1) is 0 Å². The van der Waals surface area contributed by atoms with Crippen molar-refractivity contribution in [3.63, 3.8) is 0 Å². The normalized spacial score (nSPS) is 17.0. The summed E-state index contributed by atoms with van der Waals surface area (Å²) in [6.45, 7) is 4.31. The van der Waals surface area contributed by atoms with Crippen LogP contribution in [-0.2, 0) is 6.42 Å². The molecule has 0 saturated heterocycles. The number of nitrogens with zero attached hydrogens (tertiary/aromatic N) is 1. The molecule has 0 amide bonds. The second kappa shape index (κ2) is 4.63. The van der Waals surface area contributed by atoms with Crippen LogP contribution in [0.1, 0.15) is 39.0 Å². The Bertz CT molecular complexity index is 542. The van der Waals surface area contributed by atoms with Crippen molar-refractivity contribution < 1.29 is 4.42 Å². The maximum atomic E-state index is 5.61. The molecule has 1 atom stereocenters. The number of oxazole rings is 1. The zero-order chi connectivity index (χ0) is 12.5. The van der Waals surface area contributed by atoms with Crippen LogP contribution < -0.4 is 5.32 Å². The Morgan fingerprint density at radius 2 is 2.28 bits per heavy atom. The third kappa shape index (κ3) is 2.50. The summed E-state index contributed by atoms with van der Waals surface area (Å²) in [5.74, 6) is 1.77. The summed E-state index contributed by atoms with van der Waals surface area (Å²) in [7, 11) is 0. The van der Waals surface area contributed by atoms with Gasteiger partial charge in [0.25, 0.3) is 0 Å². The summed E-state index contributed by atoms with van der Waals surface area (Å²) in [6.07, 6.45) is 4.94. The average Bonchev–Trinajstić information content (AvgIpc) is 3.06. The number of hydrogen-bond acceptors (Lipinski definition) is 3. The minimum absolute atomic E-state index is 0.535. The van der Waals surface area contributed by atoms with Gasteiger partial charge in [-0.3, -0.25) is 0 Å². The van der Waals surface area contributed by atoms with Crippen molar-refractivity contribution >= 4 is 16.8 Å². The number of fused-ring (bicyclic) bond motifs is 1. The molecule has 2 aromatic rings. The van der Waals surface area contributed by atoms with Gasteiger partial charge >= 0.3 is 0 Å². The van der Waals surface area contributed by atoms with Crippen LogP contribution in [0, 0.1) is 5.92 Å². The highest BCUT2D eigenvalue weighted by molar-refractivity contribution is 5.77. The van der Waals surface area contributed by atoms with Gasteiger partial charge in [-0.05, 0) is 37.5 Å². The van der Waals surface area contributed by atoms with Crippen LogP contribution in [0.4, 0.5) is 5.69 Å². The summed E-state index contributed by atoms with van der Waals surface area (Å²) in [4.78, 5) is 4.47. The van der Waals surface area contributed by atoms with E-state index in [0.29, 0.717) is 6.04 Å². The zero-order valence-corrected chi connectivity index (χ0v) is 11.1. The predicted octanol–water partition coefficient (Wildman–Crippen LogP) is 3.99. The highest BCUT2D eigenvalue weighted by Gasteiger charge is 2.23. The van der Waals surface area contributed by atoms with Crippen LogP contribution >= 0.6 is 0 Å². The lowest BCUT2D eigenvalue weighted by Gasteiger charge is -2.14. The smallest absolute Gasteiger partial charge is 0.195 e. The van der Waals surface area contributed by atoms with Gasteiger partial charge in [0.2, 0.25) is 0 Å². The number of anilines is 1. The fourth-order valence-electron chi connectivity index (χ4n) is 2.41. The summed E-state index contributed by atoms with van der Waals surface area (Å²) in [5.41, 5.74) is 2.98. The molecule has 1 N–H and O–H groups in total. The Morgan fingerprint density at radius 3 is 3.00 bits per heavy atom. The van der Waals surface area contributed by atoms with E-state index in [4.69, 9.17) is 4.42 Å². The van der Waals surface area contributed by atoms with E-state index in [2.05, 4.69) is 36.3 Å². The van der Waals surface area contributed by atoms with Crippen LogP contribution in [0.15, 0.2) is 22.6 Å². The summed E-state index contributed by atoms with van der Waals surface area (Å²) in [6, 6.07) is 6.71. The van der Waals surface area contributed by atoms with E-state index >= 15 is 0 Å². The standard InChI is InChI=1S/C15H20N2O/c1-3-15-17-13-9-12(6-7-14(13)18-15)16-10(2)8-11-4-5-11/h6-7,9-11,16H,3-5,8H2,1-2H3. The van der Waals surface area contributed by atoms with Crippen molar-refractivity contribution in [1.29, 1.82) is 0 Å². The van der Waals surface area contributed by atoms with Gasteiger partial charge in [-0.25, -0.2) is 4.98 Å². The van der Waals surface area contributed by atoms with Crippen molar-refractivity contribution in [2.24, 2.45) is 5.92 Å². The monoisotopic (exact) mass is 244 g/mol. The molecule has 1 aliphatic carbocycles. The average molecular weight is 244 g/mol. The molecule has 3 heteroatoms. The number of rotatable bonds is 5. The first-order valence-electron chi connectivity index (χ1n) is 6.90. The van der Waals surface area contributed by atoms with Crippen LogP contribution in [-0.4, -0.2) is 11.0 Å². The Labute approximate surface area is 108 Å². The predicted molar refractivity (Wildman–Crippen MR) is 73.8 cm³/mol. The van der Waals surface area contributed by atoms with Crippen LogP contribution in [0.25, 0.3) is 11.1 Å². The number of benzene rings is 1. The van der Waals surface area contributed by atoms with Gasteiger partial charge < -0.3 is 9.73 Å². The molecule has 0 aliphatic heterocycles. The van der Waals surface area contributed by atoms with Gasteiger partial charge in [-0.1, -0.05) is 19.8 Å². The maximum absolute atomic E-state index is 5.61. The van der Waals surface area contributed by atoms with E-state index in [0.717, 1.165) is 35.0 Å². The fourth-order valence-corrected chi connectivity index (χ4v) is 2.41. The lowest BCUT2D eigenvalue weighted by molar-refractivity contribution is 0.538. The molecule has 1 aliphatic rings.